The molecule has 20 heavy (non-hydrogen) atoms. The lowest BCUT2D eigenvalue weighted by Crippen LogP contribution is -2.30. The molecule has 0 aliphatic heterocycles. The second kappa shape index (κ2) is 5.73. The summed E-state index contributed by atoms with van der Waals surface area (Å²) in [5.41, 5.74) is 7.95. The van der Waals surface area contributed by atoms with Crippen LogP contribution in [0, 0.1) is 26.6 Å². The van der Waals surface area contributed by atoms with Gasteiger partial charge in [0.1, 0.15) is 5.82 Å². The van der Waals surface area contributed by atoms with Crippen molar-refractivity contribution in [2.45, 2.75) is 33.2 Å². The topological polar surface area (TPSA) is 55.9 Å². The van der Waals surface area contributed by atoms with Gasteiger partial charge in [0, 0.05) is 18.3 Å². The summed E-state index contributed by atoms with van der Waals surface area (Å²) >= 11 is 0. The maximum absolute atomic E-state index is 13.4. The minimum atomic E-state index is -0.221. The Kier molecular flexibility index (Phi) is 4.20. The molecule has 0 aliphatic rings. The molecule has 0 saturated carbocycles. The molecular weight excluding hydrogens is 255 g/mol. The van der Waals surface area contributed by atoms with Gasteiger partial charge in [0.15, 0.2) is 0 Å². The number of rotatable bonds is 4. The number of hydrogen-bond acceptors (Lipinski definition) is 3. The Morgan fingerprint density at radius 1 is 1.35 bits per heavy atom. The molecule has 4 nitrogen and oxygen atoms in total. The van der Waals surface area contributed by atoms with Crippen LogP contribution in [0.2, 0.25) is 0 Å². The third-order valence-corrected chi connectivity index (χ3v) is 3.85. The van der Waals surface area contributed by atoms with E-state index < -0.39 is 0 Å². The molecule has 2 aromatic rings. The predicted octanol–water partition coefficient (Wildman–Crippen LogP) is 2.23. The van der Waals surface area contributed by atoms with Crippen molar-refractivity contribution in [1.29, 1.82) is 0 Å². The Morgan fingerprint density at radius 3 is 2.60 bits per heavy atom. The third-order valence-electron chi connectivity index (χ3n) is 3.85. The van der Waals surface area contributed by atoms with Crippen molar-refractivity contribution in [1.82, 2.24) is 15.2 Å². The second-order valence-electron chi connectivity index (χ2n) is 5.20. The molecule has 0 radical (unpaired) electrons. The SMILES string of the molecule is Cc1ccc(F)cc1CC(NN)c1c(C)nn(C)c1C. The lowest BCUT2D eigenvalue weighted by molar-refractivity contribution is 0.541. The number of nitrogens with zero attached hydrogens (tertiary/aromatic N) is 2. The van der Waals surface area contributed by atoms with Crippen LogP contribution in [-0.2, 0) is 13.5 Å². The molecule has 0 amide bonds. The van der Waals surface area contributed by atoms with Crippen molar-refractivity contribution < 1.29 is 4.39 Å². The summed E-state index contributed by atoms with van der Waals surface area (Å²) in [6.07, 6.45) is 0.632. The number of hydrogen-bond donors (Lipinski definition) is 2. The van der Waals surface area contributed by atoms with Crippen LogP contribution in [0.5, 0.6) is 0 Å². The number of hydrazine groups is 1. The van der Waals surface area contributed by atoms with Crippen molar-refractivity contribution in [2.24, 2.45) is 12.9 Å². The first-order valence-corrected chi connectivity index (χ1v) is 6.65. The molecule has 0 fully saturated rings. The average Bonchev–Trinajstić information content (AvgIpc) is 2.65. The number of aromatic nitrogens is 2. The molecule has 0 bridgehead atoms. The number of nitrogens with one attached hydrogen (secondary N) is 1. The lowest BCUT2D eigenvalue weighted by atomic mass is 9.95. The van der Waals surface area contributed by atoms with Gasteiger partial charge in [-0.3, -0.25) is 16.0 Å². The summed E-state index contributed by atoms with van der Waals surface area (Å²) in [6.45, 7) is 5.95. The Morgan fingerprint density at radius 2 is 2.05 bits per heavy atom. The zero-order valence-corrected chi connectivity index (χ0v) is 12.4. The fourth-order valence-electron chi connectivity index (χ4n) is 2.62. The van der Waals surface area contributed by atoms with Crippen molar-refractivity contribution in [3.8, 4) is 0 Å². The van der Waals surface area contributed by atoms with E-state index in [0.29, 0.717) is 6.42 Å². The van der Waals surface area contributed by atoms with Gasteiger partial charge in [-0.2, -0.15) is 5.10 Å². The number of nitrogens with two attached hydrogens (primary N) is 1. The van der Waals surface area contributed by atoms with E-state index in [1.807, 2.05) is 32.5 Å². The molecule has 3 N–H and O–H groups in total. The summed E-state index contributed by atoms with van der Waals surface area (Å²) < 4.78 is 15.2. The second-order valence-corrected chi connectivity index (χ2v) is 5.20. The lowest BCUT2D eigenvalue weighted by Gasteiger charge is -2.18. The van der Waals surface area contributed by atoms with E-state index >= 15 is 0 Å². The van der Waals surface area contributed by atoms with Gasteiger partial charge in [-0.1, -0.05) is 6.07 Å². The van der Waals surface area contributed by atoms with E-state index in [2.05, 4.69) is 10.5 Å². The normalized spacial score (nSPS) is 12.7. The van der Waals surface area contributed by atoms with Gasteiger partial charge in [-0.05, 0) is 50.5 Å². The van der Waals surface area contributed by atoms with Crippen molar-refractivity contribution >= 4 is 0 Å². The first-order valence-electron chi connectivity index (χ1n) is 6.65. The van der Waals surface area contributed by atoms with Gasteiger partial charge >= 0.3 is 0 Å². The standard InChI is InChI=1S/C15H21FN4/c1-9-5-6-13(16)7-12(9)8-14(18-17)15-10(2)19-20(4)11(15)3/h5-7,14,18H,8,17H2,1-4H3. The van der Waals surface area contributed by atoms with E-state index in [4.69, 9.17) is 5.84 Å². The number of halogens is 1. The van der Waals surface area contributed by atoms with Gasteiger partial charge in [-0.15, -0.1) is 0 Å². The fourth-order valence-corrected chi connectivity index (χ4v) is 2.62. The van der Waals surface area contributed by atoms with Gasteiger partial charge in [0.05, 0.1) is 11.7 Å². The molecule has 0 saturated heterocycles. The van der Waals surface area contributed by atoms with Gasteiger partial charge in [0.25, 0.3) is 0 Å². The van der Waals surface area contributed by atoms with Gasteiger partial charge < -0.3 is 0 Å². The molecule has 1 unspecified atom stereocenters. The Balaban J connectivity index is 2.36. The van der Waals surface area contributed by atoms with Crippen molar-refractivity contribution in [3.63, 3.8) is 0 Å². The maximum atomic E-state index is 13.4. The summed E-state index contributed by atoms with van der Waals surface area (Å²) in [7, 11) is 1.91. The number of benzene rings is 1. The van der Waals surface area contributed by atoms with Crippen LogP contribution >= 0.6 is 0 Å². The Labute approximate surface area is 118 Å². The molecule has 1 aromatic heterocycles. The Hall–Kier alpha value is -1.72. The van der Waals surface area contributed by atoms with E-state index in [-0.39, 0.29) is 11.9 Å². The van der Waals surface area contributed by atoms with Gasteiger partial charge in [0.2, 0.25) is 0 Å². The highest BCUT2D eigenvalue weighted by molar-refractivity contribution is 5.33. The van der Waals surface area contributed by atoms with E-state index in [0.717, 1.165) is 28.1 Å². The zero-order chi connectivity index (χ0) is 14.9. The molecule has 1 aromatic carbocycles. The van der Waals surface area contributed by atoms with Crippen LogP contribution in [0.15, 0.2) is 18.2 Å². The maximum Gasteiger partial charge on any atom is 0.123 e. The van der Waals surface area contributed by atoms with E-state index in [1.165, 1.54) is 6.07 Å². The van der Waals surface area contributed by atoms with Crippen LogP contribution in [0.4, 0.5) is 4.39 Å². The van der Waals surface area contributed by atoms with E-state index in [9.17, 15) is 4.39 Å². The molecule has 5 heteroatoms. The average molecular weight is 276 g/mol. The summed E-state index contributed by atoms with van der Waals surface area (Å²) in [4.78, 5) is 0. The van der Waals surface area contributed by atoms with Crippen molar-refractivity contribution in [3.05, 3.63) is 52.1 Å². The molecule has 0 spiro atoms. The number of aryl methyl sites for hydroxylation is 3. The molecule has 2 rings (SSSR count). The highest BCUT2D eigenvalue weighted by Crippen LogP contribution is 2.25. The first-order chi connectivity index (χ1) is 9.43. The highest BCUT2D eigenvalue weighted by atomic mass is 19.1. The minimum absolute atomic E-state index is 0.0794. The summed E-state index contributed by atoms with van der Waals surface area (Å²) in [5.74, 6) is 5.49. The highest BCUT2D eigenvalue weighted by Gasteiger charge is 2.20. The molecule has 108 valence electrons. The van der Waals surface area contributed by atoms with Crippen LogP contribution in [-0.4, -0.2) is 9.78 Å². The van der Waals surface area contributed by atoms with E-state index in [1.54, 1.807) is 12.1 Å². The smallest absolute Gasteiger partial charge is 0.123 e. The third kappa shape index (κ3) is 2.73. The summed E-state index contributed by atoms with van der Waals surface area (Å²) in [6, 6.07) is 4.76. The minimum Gasteiger partial charge on any atom is -0.272 e. The molecular formula is C15H21FN4. The van der Waals surface area contributed by atoms with Crippen LogP contribution < -0.4 is 11.3 Å². The fraction of sp³-hybridized carbons (Fsp3) is 0.400. The zero-order valence-electron chi connectivity index (χ0n) is 12.4. The predicted molar refractivity (Wildman–Crippen MR) is 77.6 cm³/mol. The first kappa shape index (κ1) is 14.7. The largest absolute Gasteiger partial charge is 0.272 e. The molecule has 1 atom stereocenters. The molecule has 1 heterocycles. The monoisotopic (exact) mass is 276 g/mol. The van der Waals surface area contributed by atoms with Crippen molar-refractivity contribution in [2.75, 3.05) is 0 Å². The summed E-state index contributed by atoms with van der Waals surface area (Å²) in [5, 5.41) is 4.41. The van der Waals surface area contributed by atoms with Crippen LogP contribution in [0.25, 0.3) is 0 Å². The van der Waals surface area contributed by atoms with Gasteiger partial charge in [-0.25, -0.2) is 4.39 Å². The van der Waals surface area contributed by atoms with Crippen LogP contribution in [0.1, 0.15) is 34.1 Å². The van der Waals surface area contributed by atoms with Crippen LogP contribution in [0.3, 0.4) is 0 Å². The quantitative estimate of drug-likeness (QED) is 0.665. The molecule has 0 aliphatic carbocycles. The Bertz CT molecular complexity index is 619.